The Morgan fingerprint density at radius 2 is 1.93 bits per heavy atom. The Bertz CT molecular complexity index is 829. The normalized spacial score (nSPS) is 17.1. The number of nitrogens with zero attached hydrogens (tertiary/aromatic N) is 3. The van der Waals surface area contributed by atoms with Gasteiger partial charge in [0.25, 0.3) is 0 Å². The minimum Gasteiger partial charge on any atom is -0.379 e. The fourth-order valence-corrected chi connectivity index (χ4v) is 2.94. The number of carbonyl (C=O) groups is 1. The molecule has 1 saturated heterocycles. The second-order valence-corrected chi connectivity index (χ2v) is 7.36. The second-order valence-electron chi connectivity index (χ2n) is 7.36. The van der Waals surface area contributed by atoms with Crippen LogP contribution >= 0.6 is 0 Å². The monoisotopic (exact) mass is 397 g/mol. The van der Waals surface area contributed by atoms with E-state index in [2.05, 4.69) is 14.7 Å². The van der Waals surface area contributed by atoms with Crippen LogP contribution in [-0.2, 0) is 22.3 Å². The van der Waals surface area contributed by atoms with Crippen LogP contribution in [0.2, 0.25) is 0 Å². The van der Waals surface area contributed by atoms with Crippen molar-refractivity contribution in [2.24, 2.45) is 5.41 Å². The first-order valence-electron chi connectivity index (χ1n) is 9.03. The maximum Gasteiger partial charge on any atom is 0.471 e. The fraction of sp³-hybridized carbons (Fsp3) is 0.526. The molecule has 0 saturated carbocycles. The molecule has 1 aliphatic heterocycles. The zero-order chi connectivity index (χ0) is 20.5. The lowest BCUT2D eigenvalue weighted by Gasteiger charge is -2.42. The number of rotatable bonds is 6. The number of hydrogen-bond acceptors (Lipinski definition) is 5. The molecule has 152 valence electrons. The number of carbonyl (C=O) groups excluding carboxylic acids is 1. The minimum absolute atomic E-state index is 0.0464. The fourth-order valence-electron chi connectivity index (χ4n) is 2.94. The first kappa shape index (κ1) is 20.3. The van der Waals surface area contributed by atoms with E-state index in [1.165, 1.54) is 0 Å². The third-order valence-corrected chi connectivity index (χ3v) is 4.97. The number of hydrogen-bond donors (Lipinski definition) is 0. The minimum atomic E-state index is -4.68. The van der Waals surface area contributed by atoms with Gasteiger partial charge in [-0.1, -0.05) is 36.3 Å². The van der Waals surface area contributed by atoms with E-state index in [0.29, 0.717) is 25.3 Å². The van der Waals surface area contributed by atoms with Gasteiger partial charge in [-0.05, 0) is 25.8 Å². The zero-order valence-electron chi connectivity index (χ0n) is 15.9. The van der Waals surface area contributed by atoms with Crippen LogP contribution in [0.5, 0.6) is 0 Å². The SMILES string of the molecule is CCC(C)N(Cc1ccc(-c2noc(C(F)(F)F)n2)cc1)C(=O)C1(C)COC1. The molecule has 9 heteroatoms. The Kier molecular flexibility index (Phi) is 5.47. The van der Waals surface area contributed by atoms with Crippen LogP contribution in [-0.4, -0.2) is 40.2 Å². The van der Waals surface area contributed by atoms with Crippen LogP contribution in [0.15, 0.2) is 28.8 Å². The highest BCUT2D eigenvalue weighted by Crippen LogP contribution is 2.32. The first-order chi connectivity index (χ1) is 13.1. The van der Waals surface area contributed by atoms with Crippen LogP contribution in [0.1, 0.15) is 38.6 Å². The quantitative estimate of drug-likeness (QED) is 0.739. The number of aromatic nitrogens is 2. The summed E-state index contributed by atoms with van der Waals surface area (Å²) in [5.41, 5.74) is 0.770. The van der Waals surface area contributed by atoms with E-state index in [4.69, 9.17) is 4.74 Å². The lowest BCUT2D eigenvalue weighted by molar-refractivity contribution is -0.171. The van der Waals surface area contributed by atoms with Crippen LogP contribution < -0.4 is 0 Å². The van der Waals surface area contributed by atoms with Crippen molar-refractivity contribution in [3.8, 4) is 11.4 Å². The Hall–Kier alpha value is -2.42. The van der Waals surface area contributed by atoms with Crippen molar-refractivity contribution in [2.75, 3.05) is 13.2 Å². The summed E-state index contributed by atoms with van der Waals surface area (Å²) in [5.74, 6) is -1.46. The number of amides is 1. The van der Waals surface area contributed by atoms with E-state index in [1.54, 1.807) is 24.3 Å². The molecule has 1 amide bonds. The predicted octanol–water partition coefficient (Wildman–Crippen LogP) is 3.92. The Balaban J connectivity index is 1.76. The van der Waals surface area contributed by atoms with Crippen LogP contribution in [0.25, 0.3) is 11.4 Å². The van der Waals surface area contributed by atoms with E-state index in [9.17, 15) is 18.0 Å². The highest BCUT2D eigenvalue weighted by Gasteiger charge is 2.44. The average molecular weight is 397 g/mol. The van der Waals surface area contributed by atoms with Crippen LogP contribution in [0.4, 0.5) is 13.2 Å². The van der Waals surface area contributed by atoms with Crippen molar-refractivity contribution in [1.82, 2.24) is 15.0 Å². The smallest absolute Gasteiger partial charge is 0.379 e. The van der Waals surface area contributed by atoms with Gasteiger partial charge in [-0.2, -0.15) is 18.2 Å². The summed E-state index contributed by atoms with van der Waals surface area (Å²) in [6, 6.07) is 6.79. The molecule has 1 aliphatic rings. The summed E-state index contributed by atoms with van der Waals surface area (Å²) in [6.45, 7) is 7.14. The van der Waals surface area contributed by atoms with Gasteiger partial charge in [0.2, 0.25) is 11.7 Å². The van der Waals surface area contributed by atoms with Gasteiger partial charge in [-0.25, -0.2) is 0 Å². The predicted molar refractivity (Wildman–Crippen MR) is 94.0 cm³/mol. The Morgan fingerprint density at radius 1 is 1.29 bits per heavy atom. The molecule has 2 aromatic rings. The Labute approximate surface area is 160 Å². The maximum atomic E-state index is 12.9. The number of halogens is 3. The van der Waals surface area contributed by atoms with Gasteiger partial charge in [0.1, 0.15) is 0 Å². The summed E-state index contributed by atoms with van der Waals surface area (Å²) in [4.78, 5) is 18.2. The molecular formula is C19H22F3N3O3. The van der Waals surface area contributed by atoms with E-state index < -0.39 is 17.5 Å². The van der Waals surface area contributed by atoms with Crippen molar-refractivity contribution in [2.45, 2.75) is 46.0 Å². The summed E-state index contributed by atoms with van der Waals surface area (Å²) in [6.07, 6.45) is -3.87. The number of alkyl halides is 3. The van der Waals surface area contributed by atoms with Crippen molar-refractivity contribution in [1.29, 1.82) is 0 Å². The van der Waals surface area contributed by atoms with Crippen LogP contribution in [0, 0.1) is 5.41 Å². The van der Waals surface area contributed by atoms with E-state index in [0.717, 1.165) is 12.0 Å². The van der Waals surface area contributed by atoms with Crippen molar-refractivity contribution in [3.63, 3.8) is 0 Å². The zero-order valence-corrected chi connectivity index (χ0v) is 15.9. The molecule has 1 unspecified atom stereocenters. The lowest BCUT2D eigenvalue weighted by atomic mass is 9.86. The average Bonchev–Trinajstić information content (AvgIpc) is 3.14. The topological polar surface area (TPSA) is 68.5 Å². The number of ether oxygens (including phenoxy) is 1. The largest absolute Gasteiger partial charge is 0.471 e. The highest BCUT2D eigenvalue weighted by atomic mass is 19.4. The molecule has 1 atom stereocenters. The van der Waals surface area contributed by atoms with Gasteiger partial charge in [0.15, 0.2) is 0 Å². The lowest BCUT2D eigenvalue weighted by Crippen LogP contribution is -2.55. The summed E-state index contributed by atoms with van der Waals surface area (Å²) in [7, 11) is 0. The van der Waals surface area contributed by atoms with E-state index >= 15 is 0 Å². The molecule has 0 radical (unpaired) electrons. The van der Waals surface area contributed by atoms with Gasteiger partial charge in [0, 0.05) is 18.2 Å². The molecule has 6 nitrogen and oxygen atoms in total. The summed E-state index contributed by atoms with van der Waals surface area (Å²) in [5, 5.41) is 3.38. The third kappa shape index (κ3) is 4.04. The van der Waals surface area contributed by atoms with Crippen molar-refractivity contribution in [3.05, 3.63) is 35.7 Å². The molecule has 1 aromatic heterocycles. The second kappa shape index (κ2) is 7.54. The van der Waals surface area contributed by atoms with E-state index in [1.807, 2.05) is 25.7 Å². The molecule has 0 aliphatic carbocycles. The first-order valence-corrected chi connectivity index (χ1v) is 9.03. The van der Waals surface area contributed by atoms with Gasteiger partial charge in [-0.3, -0.25) is 4.79 Å². The molecular weight excluding hydrogens is 375 g/mol. The standard InChI is InChI=1S/C19H22F3N3O3/c1-4-12(2)25(17(26)18(3)10-27-11-18)9-13-5-7-14(8-6-13)15-23-16(28-24-15)19(20,21)22/h5-8,12H,4,9-11H2,1-3H3. The molecule has 0 bridgehead atoms. The van der Waals surface area contributed by atoms with Crippen molar-refractivity contribution < 1.29 is 27.2 Å². The molecule has 28 heavy (non-hydrogen) atoms. The molecule has 1 fully saturated rings. The third-order valence-electron chi connectivity index (χ3n) is 4.97. The molecule has 0 spiro atoms. The molecule has 2 heterocycles. The molecule has 3 rings (SSSR count). The highest BCUT2D eigenvalue weighted by molar-refractivity contribution is 5.83. The van der Waals surface area contributed by atoms with Gasteiger partial charge >= 0.3 is 12.1 Å². The van der Waals surface area contributed by atoms with Gasteiger partial charge < -0.3 is 14.2 Å². The van der Waals surface area contributed by atoms with Crippen molar-refractivity contribution >= 4 is 5.91 Å². The molecule has 1 aromatic carbocycles. The number of benzene rings is 1. The Morgan fingerprint density at radius 3 is 2.39 bits per heavy atom. The van der Waals surface area contributed by atoms with Gasteiger partial charge in [-0.15, -0.1) is 0 Å². The molecule has 0 N–H and O–H groups in total. The van der Waals surface area contributed by atoms with Gasteiger partial charge in [0.05, 0.1) is 18.6 Å². The van der Waals surface area contributed by atoms with E-state index in [-0.39, 0.29) is 17.8 Å². The summed E-state index contributed by atoms with van der Waals surface area (Å²) < 4.78 is 47.3. The maximum absolute atomic E-state index is 12.9. The summed E-state index contributed by atoms with van der Waals surface area (Å²) >= 11 is 0. The van der Waals surface area contributed by atoms with Crippen LogP contribution in [0.3, 0.4) is 0 Å².